The molecule has 0 radical (unpaired) electrons. The van der Waals surface area contributed by atoms with Crippen molar-refractivity contribution in [2.45, 2.75) is 45.1 Å². The second-order valence-electron chi connectivity index (χ2n) is 6.47. The van der Waals surface area contributed by atoms with Crippen LogP contribution in [-0.2, 0) is 11.3 Å². The lowest BCUT2D eigenvalue weighted by Crippen LogP contribution is -2.32. The maximum absolute atomic E-state index is 12.5. The van der Waals surface area contributed by atoms with Crippen LogP contribution in [0.1, 0.15) is 44.1 Å². The number of carbonyl (C=O) groups is 1. The van der Waals surface area contributed by atoms with Gasteiger partial charge in [0.25, 0.3) is 0 Å². The van der Waals surface area contributed by atoms with Gasteiger partial charge in [-0.1, -0.05) is 6.07 Å². The van der Waals surface area contributed by atoms with Gasteiger partial charge in [0.15, 0.2) is 0 Å². The van der Waals surface area contributed by atoms with Crippen LogP contribution in [0.3, 0.4) is 0 Å². The summed E-state index contributed by atoms with van der Waals surface area (Å²) in [4.78, 5) is 18.9. The number of hydrogen-bond acceptors (Lipinski definition) is 3. The van der Waals surface area contributed by atoms with E-state index in [2.05, 4.69) is 15.2 Å². The number of carbonyl (C=O) groups excluding carboxylic acids is 1. The van der Waals surface area contributed by atoms with E-state index in [4.69, 9.17) is 0 Å². The number of nitrogens with one attached hydrogen (secondary N) is 1. The minimum absolute atomic E-state index is 0.00902. The molecular weight excluding hydrogens is 281 g/mol. The highest BCUT2D eigenvalue weighted by atomic mass is 19.1. The van der Waals surface area contributed by atoms with Crippen molar-refractivity contribution >= 4 is 11.7 Å². The number of hydrogen-bond donors (Lipinski definition) is 1. The normalized spacial score (nSPS) is 19.8. The van der Waals surface area contributed by atoms with Gasteiger partial charge in [0.05, 0.1) is 12.1 Å². The average Bonchev–Trinajstić information content (AvgIpc) is 3.35. The zero-order valence-electron chi connectivity index (χ0n) is 13.0. The molecule has 1 amide bonds. The molecule has 0 spiro atoms. The van der Waals surface area contributed by atoms with E-state index < -0.39 is 12.1 Å². The van der Waals surface area contributed by atoms with Crippen LogP contribution in [0.25, 0.3) is 0 Å². The highest BCUT2D eigenvalue weighted by Gasteiger charge is 2.48. The average molecular weight is 305 g/mol. The minimum Gasteiger partial charge on any atom is -0.357 e. The predicted molar refractivity (Wildman–Crippen MR) is 84.4 cm³/mol. The molecule has 120 valence electrons. The first kappa shape index (κ1) is 15.3. The molecule has 1 aliphatic heterocycles. The highest BCUT2D eigenvalue weighted by Crippen LogP contribution is 2.49. The lowest BCUT2D eigenvalue weighted by Gasteiger charge is -2.27. The summed E-state index contributed by atoms with van der Waals surface area (Å²) >= 11 is 0. The molecule has 2 fully saturated rings. The molecule has 2 aliphatic rings. The fourth-order valence-electron chi connectivity index (χ4n) is 3.12. The Morgan fingerprint density at radius 2 is 2.05 bits per heavy atom. The summed E-state index contributed by atoms with van der Waals surface area (Å²) in [6.07, 6.45) is 7.58. The topological polar surface area (TPSA) is 45.2 Å². The van der Waals surface area contributed by atoms with Crippen LogP contribution in [0.2, 0.25) is 0 Å². The minimum atomic E-state index is -0.421. The van der Waals surface area contributed by atoms with Gasteiger partial charge in [0.1, 0.15) is 5.82 Å². The van der Waals surface area contributed by atoms with Gasteiger partial charge in [0.2, 0.25) is 5.91 Å². The second-order valence-corrected chi connectivity index (χ2v) is 6.47. The van der Waals surface area contributed by atoms with Gasteiger partial charge in [-0.25, -0.2) is 4.98 Å². The molecule has 22 heavy (non-hydrogen) atoms. The predicted octanol–water partition coefficient (Wildman–Crippen LogP) is 2.83. The van der Waals surface area contributed by atoms with E-state index in [0.717, 1.165) is 37.3 Å². The highest BCUT2D eigenvalue weighted by molar-refractivity contribution is 5.85. The van der Waals surface area contributed by atoms with E-state index in [1.807, 2.05) is 18.3 Å². The van der Waals surface area contributed by atoms with E-state index >= 15 is 0 Å². The first-order chi connectivity index (χ1) is 10.7. The summed E-state index contributed by atoms with van der Waals surface area (Å²) in [6, 6.07) is 4.05. The molecule has 3 rings (SSSR count). The molecule has 0 aromatic carbocycles. The molecule has 1 aliphatic carbocycles. The number of amides is 1. The van der Waals surface area contributed by atoms with Crippen molar-refractivity contribution < 1.29 is 9.18 Å². The van der Waals surface area contributed by atoms with Crippen molar-refractivity contribution in [1.29, 1.82) is 0 Å². The van der Waals surface area contributed by atoms with Crippen LogP contribution in [0.15, 0.2) is 18.3 Å². The van der Waals surface area contributed by atoms with Crippen LogP contribution in [-0.4, -0.2) is 30.7 Å². The third-order valence-electron chi connectivity index (χ3n) is 4.85. The van der Waals surface area contributed by atoms with E-state index in [0.29, 0.717) is 13.0 Å². The lowest BCUT2D eigenvalue weighted by molar-refractivity contribution is -0.126. The molecule has 4 nitrogen and oxygen atoms in total. The number of anilines is 1. The first-order valence-corrected chi connectivity index (χ1v) is 8.28. The summed E-state index contributed by atoms with van der Waals surface area (Å²) in [5, 5.41) is 2.93. The maximum Gasteiger partial charge on any atom is 0.226 e. The number of halogens is 1. The quantitative estimate of drug-likeness (QED) is 0.879. The largest absolute Gasteiger partial charge is 0.357 e. The molecule has 0 bridgehead atoms. The zero-order valence-corrected chi connectivity index (χ0v) is 13.0. The Labute approximate surface area is 131 Å². The monoisotopic (exact) mass is 305 g/mol. The number of piperidine rings is 1. The van der Waals surface area contributed by atoms with Crippen molar-refractivity contribution in [1.82, 2.24) is 10.3 Å². The second kappa shape index (κ2) is 6.63. The number of alkyl halides is 1. The van der Waals surface area contributed by atoms with Gasteiger partial charge in [0, 0.05) is 25.8 Å². The molecule has 1 saturated carbocycles. The van der Waals surface area contributed by atoms with Crippen LogP contribution in [0.4, 0.5) is 10.2 Å². The molecule has 5 heteroatoms. The van der Waals surface area contributed by atoms with Gasteiger partial charge in [-0.3, -0.25) is 9.18 Å². The number of aromatic nitrogens is 1. The van der Waals surface area contributed by atoms with Crippen molar-refractivity contribution in [2.75, 3.05) is 24.7 Å². The van der Waals surface area contributed by atoms with Crippen molar-refractivity contribution in [3.05, 3.63) is 23.9 Å². The summed E-state index contributed by atoms with van der Waals surface area (Å²) < 4.78 is 12.5. The van der Waals surface area contributed by atoms with Gasteiger partial charge >= 0.3 is 0 Å². The van der Waals surface area contributed by atoms with Crippen LogP contribution < -0.4 is 10.2 Å². The molecule has 1 N–H and O–H groups in total. The molecular formula is C17H24FN3O. The van der Waals surface area contributed by atoms with E-state index in [9.17, 15) is 9.18 Å². The number of rotatable bonds is 6. The first-order valence-electron chi connectivity index (χ1n) is 8.28. The third kappa shape index (κ3) is 3.39. The molecule has 1 aromatic rings. The summed E-state index contributed by atoms with van der Waals surface area (Å²) in [7, 11) is 0. The van der Waals surface area contributed by atoms with Gasteiger partial charge in [-0.2, -0.15) is 0 Å². The molecule has 0 unspecified atom stereocenters. The van der Waals surface area contributed by atoms with Crippen LogP contribution in [0.5, 0.6) is 0 Å². The van der Waals surface area contributed by atoms with Gasteiger partial charge < -0.3 is 10.2 Å². The fourth-order valence-corrected chi connectivity index (χ4v) is 3.12. The van der Waals surface area contributed by atoms with E-state index in [-0.39, 0.29) is 5.91 Å². The Morgan fingerprint density at radius 1 is 1.27 bits per heavy atom. The van der Waals surface area contributed by atoms with E-state index in [1.165, 1.54) is 19.3 Å². The SMILES string of the molecule is O=C(NCc1ccc(N2CCCCC2)nc1)C1(CCF)CC1. The van der Waals surface area contributed by atoms with Crippen molar-refractivity contribution in [3.63, 3.8) is 0 Å². The van der Waals surface area contributed by atoms with Crippen LogP contribution >= 0.6 is 0 Å². The Kier molecular flexibility index (Phi) is 4.60. The molecule has 2 heterocycles. The molecule has 1 aromatic heterocycles. The third-order valence-corrected chi connectivity index (χ3v) is 4.85. The summed E-state index contributed by atoms with van der Waals surface area (Å²) in [5.41, 5.74) is 0.570. The fraction of sp³-hybridized carbons (Fsp3) is 0.647. The van der Waals surface area contributed by atoms with Crippen molar-refractivity contribution in [2.24, 2.45) is 5.41 Å². The van der Waals surface area contributed by atoms with Crippen molar-refractivity contribution in [3.8, 4) is 0 Å². The smallest absolute Gasteiger partial charge is 0.226 e. The Morgan fingerprint density at radius 3 is 2.64 bits per heavy atom. The Balaban J connectivity index is 1.52. The Bertz CT molecular complexity index is 507. The standard InChI is InChI=1S/C17H24FN3O/c18-9-8-17(6-7-17)16(22)20-13-14-4-5-15(19-12-14)21-10-2-1-3-11-21/h4-5,12H,1-3,6-11,13H2,(H,20,22). The molecule has 1 saturated heterocycles. The Hall–Kier alpha value is -1.65. The lowest BCUT2D eigenvalue weighted by atomic mass is 10.0. The van der Waals surface area contributed by atoms with Gasteiger partial charge in [-0.15, -0.1) is 0 Å². The number of pyridine rings is 1. The van der Waals surface area contributed by atoms with E-state index in [1.54, 1.807) is 0 Å². The maximum atomic E-state index is 12.5. The summed E-state index contributed by atoms with van der Waals surface area (Å²) in [5.74, 6) is 1.01. The van der Waals surface area contributed by atoms with Gasteiger partial charge in [-0.05, 0) is 50.2 Å². The molecule has 0 atom stereocenters. The van der Waals surface area contributed by atoms with Crippen LogP contribution in [0, 0.1) is 5.41 Å². The number of nitrogens with zero attached hydrogens (tertiary/aromatic N) is 2. The summed E-state index contributed by atoms with van der Waals surface area (Å²) in [6.45, 7) is 2.21. The zero-order chi connectivity index (χ0) is 15.4.